The first-order chi connectivity index (χ1) is 11.8. The van der Waals surface area contributed by atoms with Crippen LogP contribution in [0.15, 0.2) is 40.5 Å². The van der Waals surface area contributed by atoms with Crippen molar-refractivity contribution in [1.82, 2.24) is 14.9 Å². The van der Waals surface area contributed by atoms with Crippen LogP contribution >= 0.6 is 11.8 Å². The summed E-state index contributed by atoms with van der Waals surface area (Å²) in [6.07, 6.45) is 3.99. The Morgan fingerprint density at radius 2 is 2.08 bits per heavy atom. The van der Waals surface area contributed by atoms with E-state index in [1.54, 1.807) is 38.0 Å². The normalized spacial score (nSPS) is 13.1. The molecule has 1 aromatic heterocycles. The Balaban J connectivity index is 1.64. The Morgan fingerprint density at radius 1 is 1.32 bits per heavy atom. The molecule has 0 saturated heterocycles. The lowest BCUT2D eigenvalue weighted by atomic mass is 9.89. The van der Waals surface area contributed by atoms with E-state index in [9.17, 15) is 9.90 Å². The van der Waals surface area contributed by atoms with Crippen molar-refractivity contribution in [3.05, 3.63) is 36.2 Å². The van der Waals surface area contributed by atoms with Gasteiger partial charge in [0.15, 0.2) is 5.82 Å². The van der Waals surface area contributed by atoms with Gasteiger partial charge in [0.25, 0.3) is 0 Å². The van der Waals surface area contributed by atoms with Crippen LogP contribution in [0.2, 0.25) is 0 Å². The van der Waals surface area contributed by atoms with Gasteiger partial charge in [-0.05, 0) is 51.6 Å². The number of carboxylic acid groups (broad SMARTS) is 1. The van der Waals surface area contributed by atoms with Gasteiger partial charge in [-0.2, -0.15) is 0 Å². The number of nitrogens with one attached hydrogen (secondary N) is 1. The topological polar surface area (TPSA) is 78.4 Å². The molecule has 0 saturated carbocycles. The van der Waals surface area contributed by atoms with Crippen molar-refractivity contribution in [2.75, 3.05) is 18.9 Å². The van der Waals surface area contributed by atoms with Crippen LogP contribution in [0.5, 0.6) is 0 Å². The fraction of sp³-hybridized carbons (Fsp3) is 0.389. The minimum Gasteiger partial charge on any atom is -0.481 e. The van der Waals surface area contributed by atoms with Gasteiger partial charge in [0.2, 0.25) is 0 Å². The standard InChI is InChI=1S/C18H22N4O2S/c1-18(2,17(23)24)6-9-22(3)11-12-4-5-14-13(10-12)21-15-16(25-14)20-8-7-19-15/h4-5,7-8,10H,6,9,11H2,1-3H3,(H,19,21)(H,23,24). The molecule has 0 amide bonds. The van der Waals surface area contributed by atoms with Gasteiger partial charge < -0.3 is 15.3 Å². The minimum absolute atomic E-state index is 0.612. The third-order valence-electron chi connectivity index (χ3n) is 4.32. The zero-order chi connectivity index (χ0) is 18.0. The summed E-state index contributed by atoms with van der Waals surface area (Å²) in [7, 11) is 2.01. The average Bonchev–Trinajstić information content (AvgIpc) is 2.58. The molecule has 25 heavy (non-hydrogen) atoms. The molecule has 0 fully saturated rings. The van der Waals surface area contributed by atoms with Gasteiger partial charge in [0.05, 0.1) is 11.1 Å². The molecule has 2 N–H and O–H groups in total. The van der Waals surface area contributed by atoms with E-state index in [-0.39, 0.29) is 0 Å². The van der Waals surface area contributed by atoms with Crippen LogP contribution < -0.4 is 5.32 Å². The number of aliphatic carboxylic acids is 1. The summed E-state index contributed by atoms with van der Waals surface area (Å²) in [4.78, 5) is 23.1. The summed E-state index contributed by atoms with van der Waals surface area (Å²) < 4.78 is 0. The lowest BCUT2D eigenvalue weighted by Crippen LogP contribution is -2.30. The van der Waals surface area contributed by atoms with Crippen LogP contribution in [0.25, 0.3) is 0 Å². The maximum Gasteiger partial charge on any atom is 0.309 e. The number of hydrogen-bond donors (Lipinski definition) is 2. The number of carbonyl (C=O) groups is 1. The quantitative estimate of drug-likeness (QED) is 0.697. The Bertz CT molecular complexity index is 794. The maximum absolute atomic E-state index is 11.2. The fourth-order valence-electron chi connectivity index (χ4n) is 2.55. The van der Waals surface area contributed by atoms with Gasteiger partial charge in [-0.15, -0.1) is 0 Å². The lowest BCUT2D eigenvalue weighted by Gasteiger charge is -2.24. The number of anilines is 2. The third-order valence-corrected chi connectivity index (χ3v) is 5.39. The molecule has 6 nitrogen and oxygen atoms in total. The minimum atomic E-state index is -0.754. The predicted molar refractivity (Wildman–Crippen MR) is 98.2 cm³/mol. The Labute approximate surface area is 151 Å². The van der Waals surface area contributed by atoms with E-state index in [0.717, 1.165) is 34.5 Å². The van der Waals surface area contributed by atoms with E-state index in [0.29, 0.717) is 6.42 Å². The summed E-state index contributed by atoms with van der Waals surface area (Å²) in [5, 5.41) is 13.4. The van der Waals surface area contributed by atoms with Gasteiger partial charge in [-0.3, -0.25) is 4.79 Å². The van der Waals surface area contributed by atoms with Gasteiger partial charge in [0.1, 0.15) is 5.03 Å². The molecule has 1 aliphatic rings. The predicted octanol–water partition coefficient (Wildman–Crippen LogP) is 3.62. The highest BCUT2D eigenvalue weighted by Crippen LogP contribution is 2.42. The van der Waals surface area contributed by atoms with Crippen molar-refractivity contribution in [1.29, 1.82) is 0 Å². The van der Waals surface area contributed by atoms with Crippen molar-refractivity contribution in [3.8, 4) is 0 Å². The monoisotopic (exact) mass is 358 g/mol. The highest BCUT2D eigenvalue weighted by atomic mass is 32.2. The molecule has 132 valence electrons. The van der Waals surface area contributed by atoms with E-state index in [2.05, 4.69) is 38.4 Å². The summed E-state index contributed by atoms with van der Waals surface area (Å²) in [6, 6.07) is 6.32. The van der Waals surface area contributed by atoms with Crippen molar-refractivity contribution < 1.29 is 9.90 Å². The van der Waals surface area contributed by atoms with E-state index in [1.165, 1.54) is 5.56 Å². The van der Waals surface area contributed by atoms with Crippen LogP contribution in [0.4, 0.5) is 11.5 Å². The number of aromatic nitrogens is 2. The van der Waals surface area contributed by atoms with Crippen molar-refractivity contribution >= 4 is 29.2 Å². The highest BCUT2D eigenvalue weighted by molar-refractivity contribution is 7.99. The number of rotatable bonds is 6. The molecule has 0 bridgehead atoms. The molecular weight excluding hydrogens is 336 g/mol. The van der Waals surface area contributed by atoms with Crippen molar-refractivity contribution in [2.24, 2.45) is 5.41 Å². The molecule has 1 aromatic carbocycles. The van der Waals surface area contributed by atoms with Crippen LogP contribution in [0, 0.1) is 5.41 Å². The van der Waals surface area contributed by atoms with Gasteiger partial charge in [-0.1, -0.05) is 17.8 Å². The zero-order valence-electron chi connectivity index (χ0n) is 14.6. The number of carboxylic acids is 1. The molecule has 7 heteroatoms. The third kappa shape index (κ3) is 4.11. The first-order valence-corrected chi connectivity index (χ1v) is 8.97. The Morgan fingerprint density at radius 3 is 2.84 bits per heavy atom. The van der Waals surface area contributed by atoms with E-state index in [4.69, 9.17) is 0 Å². The van der Waals surface area contributed by atoms with Crippen LogP contribution in [0.1, 0.15) is 25.8 Å². The van der Waals surface area contributed by atoms with Crippen LogP contribution in [0.3, 0.4) is 0 Å². The van der Waals surface area contributed by atoms with E-state index < -0.39 is 11.4 Å². The van der Waals surface area contributed by atoms with Crippen LogP contribution in [-0.4, -0.2) is 39.5 Å². The largest absolute Gasteiger partial charge is 0.481 e. The molecule has 2 heterocycles. The van der Waals surface area contributed by atoms with E-state index >= 15 is 0 Å². The average molecular weight is 358 g/mol. The van der Waals surface area contributed by atoms with Gasteiger partial charge in [0, 0.05) is 23.8 Å². The summed E-state index contributed by atoms with van der Waals surface area (Å²) in [5.74, 6) is 0.0318. The van der Waals surface area contributed by atoms with Gasteiger partial charge in [-0.25, -0.2) is 9.97 Å². The first-order valence-electron chi connectivity index (χ1n) is 8.16. The molecule has 2 aromatic rings. The fourth-order valence-corrected chi connectivity index (χ4v) is 3.43. The summed E-state index contributed by atoms with van der Waals surface area (Å²) in [5.41, 5.74) is 1.51. The Hall–Kier alpha value is -2.12. The highest BCUT2D eigenvalue weighted by Gasteiger charge is 2.27. The lowest BCUT2D eigenvalue weighted by molar-refractivity contribution is -0.147. The maximum atomic E-state index is 11.2. The zero-order valence-corrected chi connectivity index (χ0v) is 15.4. The molecule has 0 unspecified atom stereocenters. The molecule has 0 aliphatic carbocycles. The summed E-state index contributed by atoms with van der Waals surface area (Å²) >= 11 is 1.61. The number of nitrogens with zero attached hydrogens (tertiary/aromatic N) is 3. The number of fused-ring (bicyclic) bond motifs is 2. The number of benzene rings is 1. The molecule has 0 spiro atoms. The molecule has 1 aliphatic heterocycles. The molecule has 0 radical (unpaired) electrons. The molecular formula is C18H22N4O2S. The van der Waals surface area contributed by atoms with Gasteiger partial charge >= 0.3 is 5.97 Å². The van der Waals surface area contributed by atoms with Crippen molar-refractivity contribution in [3.63, 3.8) is 0 Å². The second-order valence-electron chi connectivity index (χ2n) is 6.94. The van der Waals surface area contributed by atoms with E-state index in [1.807, 2.05) is 7.05 Å². The first kappa shape index (κ1) is 17.7. The number of hydrogen-bond acceptors (Lipinski definition) is 6. The van der Waals surface area contributed by atoms with Crippen molar-refractivity contribution in [2.45, 2.75) is 36.7 Å². The summed E-state index contributed by atoms with van der Waals surface area (Å²) in [6.45, 7) is 5.03. The van der Waals surface area contributed by atoms with Crippen LogP contribution in [-0.2, 0) is 11.3 Å². The second kappa shape index (κ2) is 7.01. The molecule has 0 atom stereocenters. The Kier molecular flexibility index (Phi) is 4.96. The second-order valence-corrected chi connectivity index (χ2v) is 7.98. The SMILES string of the molecule is CN(CCC(C)(C)C(=O)O)Cc1ccc2c(c1)Nc1nccnc1S2. The molecule has 3 rings (SSSR count). The smallest absolute Gasteiger partial charge is 0.309 e.